The van der Waals surface area contributed by atoms with Crippen molar-refractivity contribution in [2.45, 2.75) is 25.8 Å². The van der Waals surface area contributed by atoms with E-state index in [9.17, 15) is 4.79 Å². The smallest absolute Gasteiger partial charge is 0.253 e. The van der Waals surface area contributed by atoms with Gasteiger partial charge in [-0.05, 0) is 55.7 Å². The molecular formula is C18H22N4O. The van der Waals surface area contributed by atoms with Gasteiger partial charge in [-0.1, -0.05) is 0 Å². The van der Waals surface area contributed by atoms with E-state index < -0.39 is 0 Å². The van der Waals surface area contributed by atoms with Crippen LogP contribution in [0, 0.1) is 0 Å². The van der Waals surface area contributed by atoms with Gasteiger partial charge in [0.15, 0.2) is 0 Å². The van der Waals surface area contributed by atoms with Gasteiger partial charge < -0.3 is 16.0 Å². The molecular weight excluding hydrogens is 288 g/mol. The number of benzene rings is 1. The SMILES string of the molecule is CC(NC(=O)c1cc(N2CCCC2)ccc1N)c1ccncc1. The zero-order chi connectivity index (χ0) is 16.2. The molecule has 1 amide bonds. The summed E-state index contributed by atoms with van der Waals surface area (Å²) < 4.78 is 0. The molecule has 3 rings (SSSR count). The first-order chi connectivity index (χ1) is 11.1. The highest BCUT2D eigenvalue weighted by Gasteiger charge is 2.18. The first-order valence-electron chi connectivity index (χ1n) is 8.00. The molecule has 1 fully saturated rings. The average Bonchev–Trinajstić information content (AvgIpc) is 3.10. The number of carbonyl (C=O) groups is 1. The van der Waals surface area contributed by atoms with Crippen LogP contribution >= 0.6 is 0 Å². The Morgan fingerprint density at radius 3 is 2.61 bits per heavy atom. The van der Waals surface area contributed by atoms with Crippen LogP contribution in [0.1, 0.15) is 41.7 Å². The molecule has 1 saturated heterocycles. The van der Waals surface area contributed by atoms with Gasteiger partial charge in [-0.2, -0.15) is 0 Å². The van der Waals surface area contributed by atoms with Gasteiger partial charge in [-0.25, -0.2) is 0 Å². The molecule has 0 bridgehead atoms. The van der Waals surface area contributed by atoms with Gasteiger partial charge in [0.25, 0.3) is 5.91 Å². The number of nitrogens with one attached hydrogen (secondary N) is 1. The monoisotopic (exact) mass is 310 g/mol. The first-order valence-corrected chi connectivity index (χ1v) is 8.00. The minimum atomic E-state index is -0.146. The van der Waals surface area contributed by atoms with Crippen molar-refractivity contribution < 1.29 is 4.79 Å². The Morgan fingerprint density at radius 1 is 1.22 bits per heavy atom. The Bertz CT molecular complexity index is 681. The molecule has 0 spiro atoms. The molecule has 2 heterocycles. The number of nitrogen functional groups attached to an aromatic ring is 1. The Labute approximate surface area is 136 Å². The van der Waals surface area contributed by atoms with Crippen molar-refractivity contribution in [3.8, 4) is 0 Å². The van der Waals surface area contributed by atoms with Crippen molar-refractivity contribution >= 4 is 17.3 Å². The van der Waals surface area contributed by atoms with Gasteiger partial charge in [0.2, 0.25) is 0 Å². The summed E-state index contributed by atoms with van der Waals surface area (Å²) in [5.74, 6) is -0.146. The van der Waals surface area contributed by atoms with Crippen LogP contribution in [0.15, 0.2) is 42.7 Å². The third-order valence-corrected chi connectivity index (χ3v) is 4.31. The maximum Gasteiger partial charge on any atom is 0.253 e. The molecule has 1 aliphatic rings. The lowest BCUT2D eigenvalue weighted by Gasteiger charge is -2.20. The van der Waals surface area contributed by atoms with Crippen molar-refractivity contribution in [3.05, 3.63) is 53.9 Å². The lowest BCUT2D eigenvalue weighted by Crippen LogP contribution is -2.28. The lowest BCUT2D eigenvalue weighted by atomic mass is 10.1. The summed E-state index contributed by atoms with van der Waals surface area (Å²) in [7, 11) is 0. The highest BCUT2D eigenvalue weighted by atomic mass is 16.1. The third-order valence-electron chi connectivity index (χ3n) is 4.31. The summed E-state index contributed by atoms with van der Waals surface area (Å²) in [4.78, 5) is 18.9. The van der Waals surface area contributed by atoms with Crippen molar-refractivity contribution in [1.29, 1.82) is 0 Å². The first kappa shape index (κ1) is 15.3. The quantitative estimate of drug-likeness (QED) is 0.852. The van der Waals surface area contributed by atoms with Gasteiger partial charge >= 0.3 is 0 Å². The van der Waals surface area contributed by atoms with Crippen molar-refractivity contribution in [3.63, 3.8) is 0 Å². The fraction of sp³-hybridized carbons (Fsp3) is 0.333. The zero-order valence-electron chi connectivity index (χ0n) is 13.3. The van der Waals surface area contributed by atoms with E-state index in [1.165, 1.54) is 12.8 Å². The largest absolute Gasteiger partial charge is 0.398 e. The number of carbonyl (C=O) groups excluding carboxylic acids is 1. The molecule has 1 aromatic heterocycles. The van der Waals surface area contributed by atoms with Crippen LogP contribution in [0.3, 0.4) is 0 Å². The van der Waals surface area contributed by atoms with Crippen molar-refractivity contribution in [2.24, 2.45) is 0 Å². The molecule has 0 radical (unpaired) electrons. The molecule has 5 nitrogen and oxygen atoms in total. The predicted molar refractivity (Wildman–Crippen MR) is 92.4 cm³/mol. The molecule has 0 aliphatic carbocycles. The number of nitrogens with zero attached hydrogens (tertiary/aromatic N) is 2. The van der Waals surface area contributed by atoms with Crippen LogP contribution in [-0.2, 0) is 0 Å². The maximum atomic E-state index is 12.6. The summed E-state index contributed by atoms with van der Waals surface area (Å²) in [5, 5.41) is 3.01. The molecule has 1 aromatic carbocycles. The number of rotatable bonds is 4. The summed E-state index contributed by atoms with van der Waals surface area (Å²) in [6, 6.07) is 9.41. The van der Waals surface area contributed by atoms with Crippen LogP contribution in [0.25, 0.3) is 0 Å². The molecule has 3 N–H and O–H groups in total. The third kappa shape index (κ3) is 3.44. The van der Waals surface area contributed by atoms with E-state index in [2.05, 4.69) is 15.2 Å². The van der Waals surface area contributed by atoms with E-state index in [0.29, 0.717) is 11.3 Å². The Hall–Kier alpha value is -2.56. The number of amides is 1. The average molecular weight is 310 g/mol. The molecule has 1 atom stereocenters. The second kappa shape index (κ2) is 6.69. The molecule has 23 heavy (non-hydrogen) atoms. The van der Waals surface area contributed by atoms with Crippen LogP contribution in [0.2, 0.25) is 0 Å². The lowest BCUT2D eigenvalue weighted by molar-refractivity contribution is 0.0941. The summed E-state index contributed by atoms with van der Waals surface area (Å²) >= 11 is 0. The number of aromatic nitrogens is 1. The molecule has 1 unspecified atom stereocenters. The fourth-order valence-electron chi connectivity index (χ4n) is 2.92. The topological polar surface area (TPSA) is 71.2 Å². The van der Waals surface area contributed by atoms with Crippen molar-refractivity contribution in [1.82, 2.24) is 10.3 Å². The molecule has 120 valence electrons. The Morgan fingerprint density at radius 2 is 1.91 bits per heavy atom. The van der Waals surface area contributed by atoms with Gasteiger partial charge in [-0.3, -0.25) is 9.78 Å². The summed E-state index contributed by atoms with van der Waals surface area (Å²) in [6.07, 6.45) is 5.84. The van der Waals surface area contributed by atoms with Crippen LogP contribution in [-0.4, -0.2) is 24.0 Å². The minimum absolute atomic E-state index is 0.0969. The highest BCUT2D eigenvalue weighted by molar-refractivity contribution is 6.00. The van der Waals surface area contributed by atoms with E-state index in [-0.39, 0.29) is 11.9 Å². The standard InChI is InChI=1S/C18H22N4O/c1-13(14-6-8-20-9-7-14)21-18(23)16-12-15(4-5-17(16)19)22-10-2-3-11-22/h4-9,12-13H,2-3,10-11,19H2,1H3,(H,21,23). The second-order valence-electron chi connectivity index (χ2n) is 5.94. The van der Waals surface area contributed by atoms with E-state index in [4.69, 9.17) is 5.73 Å². The summed E-state index contributed by atoms with van der Waals surface area (Å²) in [6.45, 7) is 4.03. The van der Waals surface area contributed by atoms with E-state index in [1.54, 1.807) is 12.4 Å². The second-order valence-corrected chi connectivity index (χ2v) is 5.94. The minimum Gasteiger partial charge on any atom is -0.398 e. The van der Waals surface area contributed by atoms with E-state index >= 15 is 0 Å². The van der Waals surface area contributed by atoms with Crippen LogP contribution < -0.4 is 16.0 Å². The summed E-state index contributed by atoms with van der Waals surface area (Å²) in [5.41, 5.74) is 9.14. The van der Waals surface area contributed by atoms with Gasteiger partial charge in [-0.15, -0.1) is 0 Å². The van der Waals surface area contributed by atoms with Crippen molar-refractivity contribution in [2.75, 3.05) is 23.7 Å². The van der Waals surface area contributed by atoms with E-state index in [0.717, 1.165) is 24.3 Å². The Kier molecular flexibility index (Phi) is 4.46. The van der Waals surface area contributed by atoms with Gasteiger partial charge in [0, 0.05) is 36.9 Å². The van der Waals surface area contributed by atoms with Gasteiger partial charge in [0.05, 0.1) is 11.6 Å². The number of hydrogen-bond acceptors (Lipinski definition) is 4. The number of anilines is 2. The van der Waals surface area contributed by atoms with E-state index in [1.807, 2.05) is 37.3 Å². The van der Waals surface area contributed by atoms with Gasteiger partial charge in [0.1, 0.15) is 0 Å². The highest BCUT2D eigenvalue weighted by Crippen LogP contribution is 2.25. The number of hydrogen-bond donors (Lipinski definition) is 2. The fourth-order valence-corrected chi connectivity index (χ4v) is 2.92. The molecule has 1 aliphatic heterocycles. The molecule has 2 aromatic rings. The molecule has 0 saturated carbocycles. The number of pyridine rings is 1. The van der Waals surface area contributed by atoms with Crippen LogP contribution in [0.5, 0.6) is 0 Å². The normalized spacial score (nSPS) is 15.4. The predicted octanol–water partition coefficient (Wildman–Crippen LogP) is 2.76. The maximum absolute atomic E-state index is 12.6. The van der Waals surface area contributed by atoms with Crippen LogP contribution in [0.4, 0.5) is 11.4 Å². The molecule has 5 heteroatoms. The zero-order valence-corrected chi connectivity index (χ0v) is 13.3. The number of nitrogens with two attached hydrogens (primary N) is 1. The Balaban J connectivity index is 1.77.